The lowest BCUT2D eigenvalue weighted by atomic mass is 10.1. The first-order valence-electron chi connectivity index (χ1n) is 11.2. The zero-order valence-corrected chi connectivity index (χ0v) is 20.2. The van der Waals surface area contributed by atoms with Crippen LogP contribution in [0.5, 0.6) is 0 Å². The normalized spacial score (nSPS) is 17.7. The molecule has 2 unspecified atom stereocenters. The Labute approximate surface area is 205 Å². The van der Waals surface area contributed by atoms with E-state index in [0.29, 0.717) is 27.7 Å². The molecule has 2 aliphatic rings. The summed E-state index contributed by atoms with van der Waals surface area (Å²) in [6.07, 6.45) is 5.60. The minimum absolute atomic E-state index is 0.161. The first-order valence-corrected chi connectivity index (χ1v) is 12.9. The number of halogens is 1. The smallest absolute Gasteiger partial charge is 0.264 e. The number of hydrogen-bond donors (Lipinski definition) is 1. The van der Waals surface area contributed by atoms with Crippen LogP contribution in [-0.2, 0) is 0 Å². The molecule has 0 amide bonds. The first-order chi connectivity index (χ1) is 17.1. The largest absolute Gasteiger partial charge is 0.360 e. The summed E-state index contributed by atoms with van der Waals surface area (Å²) in [6, 6.07) is 16.8. The molecule has 1 N–H and O–H groups in total. The highest BCUT2D eigenvalue weighted by Crippen LogP contribution is 2.58. The molecule has 0 radical (unpaired) electrons. The molecule has 0 fully saturated rings. The lowest BCUT2D eigenvalue weighted by molar-refractivity contribution is 0.774. The average Bonchev–Trinajstić information content (AvgIpc) is 3.30. The minimum Gasteiger partial charge on any atom is -0.360 e. The van der Waals surface area contributed by atoms with E-state index in [-0.39, 0.29) is 11.6 Å². The van der Waals surface area contributed by atoms with Crippen molar-refractivity contribution < 1.29 is 0 Å². The zero-order valence-electron chi connectivity index (χ0n) is 18.6. The Balaban J connectivity index is 1.36. The summed E-state index contributed by atoms with van der Waals surface area (Å²) in [7, 11) is -0.593. The predicted molar refractivity (Wildman–Crippen MR) is 140 cm³/mol. The van der Waals surface area contributed by atoms with Gasteiger partial charge in [-0.3, -0.25) is 13.7 Å². The molecule has 0 bridgehead atoms. The van der Waals surface area contributed by atoms with Crippen molar-refractivity contribution in [2.24, 2.45) is 5.92 Å². The number of benzene rings is 2. The summed E-state index contributed by atoms with van der Waals surface area (Å²) in [6.45, 7) is 2.01. The van der Waals surface area contributed by atoms with Gasteiger partial charge < -0.3 is 5.32 Å². The number of hydrogen-bond acceptors (Lipinski definition) is 5. The molecule has 3 aromatic heterocycles. The van der Waals surface area contributed by atoms with Gasteiger partial charge in [-0.2, -0.15) is 0 Å². The maximum Gasteiger partial charge on any atom is 0.264 e. The SMILES string of the molecule is C[C@H](Nc1ncnc2c1ncn2P1#CC2C=C21)c1cc2cccc(Cl)c2c(=O)n1-c1ccccc1. The third-order valence-electron chi connectivity index (χ3n) is 6.42. The predicted octanol–water partition coefficient (Wildman–Crippen LogP) is 5.69. The molecule has 5 aromatic rings. The number of nitrogens with one attached hydrogen (secondary N) is 1. The van der Waals surface area contributed by atoms with E-state index in [9.17, 15) is 4.79 Å². The monoisotopic (exact) mass is 496 g/mol. The molecule has 0 spiro atoms. The molecule has 4 heterocycles. The summed E-state index contributed by atoms with van der Waals surface area (Å²) >= 11 is 6.44. The van der Waals surface area contributed by atoms with Gasteiger partial charge in [0, 0.05) is 24.2 Å². The third-order valence-corrected chi connectivity index (χ3v) is 8.90. The molecule has 0 saturated carbocycles. The first kappa shape index (κ1) is 20.5. The third kappa shape index (κ3) is 3.14. The number of rotatable bonds is 4. The van der Waals surface area contributed by atoms with Crippen LogP contribution >= 0.6 is 19.1 Å². The van der Waals surface area contributed by atoms with E-state index in [1.165, 1.54) is 5.31 Å². The van der Waals surface area contributed by atoms with E-state index in [1.807, 2.05) is 61.8 Å². The number of fused-ring (bicyclic) bond motifs is 3. The molecule has 1 aliphatic carbocycles. The molecular formula is C26H18ClN6OP. The van der Waals surface area contributed by atoms with E-state index >= 15 is 0 Å². The zero-order chi connectivity index (χ0) is 23.7. The van der Waals surface area contributed by atoms with Crippen molar-refractivity contribution in [2.75, 3.05) is 5.32 Å². The van der Waals surface area contributed by atoms with Gasteiger partial charge in [0.15, 0.2) is 17.0 Å². The van der Waals surface area contributed by atoms with Crippen LogP contribution in [0.4, 0.5) is 5.82 Å². The van der Waals surface area contributed by atoms with Crippen LogP contribution < -0.4 is 10.9 Å². The Kier molecular flexibility index (Phi) is 4.42. The van der Waals surface area contributed by atoms with Crippen LogP contribution in [0.2, 0.25) is 5.02 Å². The summed E-state index contributed by atoms with van der Waals surface area (Å²) in [5.41, 5.74) is 6.40. The highest BCUT2D eigenvalue weighted by atomic mass is 35.5. The number of aromatic nitrogens is 5. The Morgan fingerprint density at radius 3 is 2.74 bits per heavy atom. The molecule has 7 rings (SSSR count). The Morgan fingerprint density at radius 1 is 1.11 bits per heavy atom. The average molecular weight is 497 g/mol. The van der Waals surface area contributed by atoms with Crippen molar-refractivity contribution in [3.63, 3.8) is 0 Å². The number of allylic oxidation sites excluding steroid dienone is 2. The van der Waals surface area contributed by atoms with Gasteiger partial charge in [-0.25, -0.2) is 15.0 Å². The van der Waals surface area contributed by atoms with Gasteiger partial charge in [0.1, 0.15) is 12.7 Å². The van der Waals surface area contributed by atoms with Crippen molar-refractivity contribution >= 4 is 46.9 Å². The van der Waals surface area contributed by atoms with Gasteiger partial charge in [-0.1, -0.05) is 53.6 Å². The number of nitrogens with zero attached hydrogens (tertiary/aromatic N) is 5. The molecular weight excluding hydrogens is 479 g/mol. The lowest BCUT2D eigenvalue weighted by Crippen LogP contribution is -2.25. The summed E-state index contributed by atoms with van der Waals surface area (Å²) < 4.78 is 3.81. The quantitative estimate of drug-likeness (QED) is 0.323. The molecule has 0 saturated heterocycles. The van der Waals surface area contributed by atoms with Crippen LogP contribution in [0, 0.1) is 11.5 Å². The second-order valence-electron chi connectivity index (χ2n) is 8.61. The van der Waals surface area contributed by atoms with E-state index in [1.54, 1.807) is 17.0 Å². The second kappa shape index (κ2) is 7.56. The molecule has 3 atom stereocenters. The molecule has 170 valence electrons. The van der Waals surface area contributed by atoms with Gasteiger partial charge in [0.2, 0.25) is 0 Å². The fourth-order valence-corrected chi connectivity index (χ4v) is 6.78. The fourth-order valence-electron chi connectivity index (χ4n) is 4.61. The number of para-hydroxylation sites is 1. The van der Waals surface area contributed by atoms with Crippen molar-refractivity contribution in [2.45, 2.75) is 13.0 Å². The standard InChI is InChI=1S/C26H18ClN6OP/c1-15(31-24-23-25(29-13-28-24)32(14-30-23)35-12-17-11-21(17)35)20-10-16-6-5-9-19(27)22(16)26(34)33(20)18-7-3-2-4-8-18/h2-11,13-15,17H,1H3,(H,28,29,31)/t15-,17?/m0/s1. The van der Waals surface area contributed by atoms with Gasteiger partial charge in [-0.15, -0.1) is 0 Å². The van der Waals surface area contributed by atoms with E-state index in [0.717, 1.165) is 22.4 Å². The van der Waals surface area contributed by atoms with E-state index in [2.05, 4.69) is 36.3 Å². The second-order valence-corrected chi connectivity index (χ2v) is 10.8. The Morgan fingerprint density at radius 2 is 1.97 bits per heavy atom. The maximum atomic E-state index is 13.7. The Bertz CT molecular complexity index is 1860. The lowest BCUT2D eigenvalue weighted by Gasteiger charge is -2.21. The summed E-state index contributed by atoms with van der Waals surface area (Å²) in [5.74, 6) is 1.09. The van der Waals surface area contributed by atoms with Gasteiger partial charge in [-0.05, 0) is 36.6 Å². The molecule has 1 aliphatic heterocycles. The van der Waals surface area contributed by atoms with E-state index in [4.69, 9.17) is 11.6 Å². The van der Waals surface area contributed by atoms with Crippen LogP contribution in [0.25, 0.3) is 27.6 Å². The van der Waals surface area contributed by atoms with Crippen LogP contribution in [0.15, 0.2) is 83.4 Å². The van der Waals surface area contributed by atoms with Gasteiger partial charge in [0.05, 0.1) is 22.4 Å². The van der Waals surface area contributed by atoms with Gasteiger partial charge >= 0.3 is 0 Å². The molecule has 35 heavy (non-hydrogen) atoms. The summed E-state index contributed by atoms with van der Waals surface area (Å²) in [5, 5.41) is 6.64. The number of pyridine rings is 1. The molecule has 7 nitrogen and oxygen atoms in total. The molecule has 9 heteroatoms. The highest BCUT2D eigenvalue weighted by Gasteiger charge is 2.35. The molecule has 2 aromatic carbocycles. The highest BCUT2D eigenvalue weighted by molar-refractivity contribution is 7.52. The van der Waals surface area contributed by atoms with Crippen molar-refractivity contribution in [1.82, 2.24) is 23.9 Å². The van der Waals surface area contributed by atoms with Crippen LogP contribution in [0.1, 0.15) is 18.7 Å². The van der Waals surface area contributed by atoms with Crippen molar-refractivity contribution in [1.29, 1.82) is 0 Å². The van der Waals surface area contributed by atoms with Crippen LogP contribution in [-0.4, -0.2) is 23.9 Å². The van der Waals surface area contributed by atoms with Gasteiger partial charge in [0.25, 0.3) is 5.56 Å². The van der Waals surface area contributed by atoms with E-state index < -0.39 is 7.53 Å². The summed E-state index contributed by atoms with van der Waals surface area (Å²) in [4.78, 5) is 27.3. The van der Waals surface area contributed by atoms with Crippen LogP contribution in [0.3, 0.4) is 0 Å². The van der Waals surface area contributed by atoms with Crippen molar-refractivity contribution in [3.05, 3.63) is 99.7 Å². The topological polar surface area (TPSA) is 77.6 Å². The number of imidazole rings is 1. The Hall–Kier alpha value is -3.89. The maximum absolute atomic E-state index is 13.7. The minimum atomic E-state index is -0.593. The fraction of sp³-hybridized carbons (Fsp3) is 0.115. The van der Waals surface area contributed by atoms with Crippen molar-refractivity contribution in [3.8, 4) is 11.3 Å². The number of anilines is 1.